The summed E-state index contributed by atoms with van der Waals surface area (Å²) in [5.74, 6) is 0. The highest BCUT2D eigenvalue weighted by molar-refractivity contribution is 5.43. The molecule has 1 aliphatic carbocycles. The number of benzene rings is 1. The lowest BCUT2D eigenvalue weighted by Crippen LogP contribution is -2.24. The molecule has 2 rings (SSSR count). The maximum Gasteiger partial charge on any atom is 0.112 e. The topological polar surface area (TPSA) is 72.3 Å². The number of nitrogen functional groups attached to an aromatic ring is 1. The number of rotatable bonds is 1. The van der Waals surface area contributed by atoms with Crippen LogP contribution >= 0.6 is 0 Å². The molecule has 0 radical (unpaired) electrons. The Kier molecular flexibility index (Phi) is 2.25. The van der Waals surface area contributed by atoms with E-state index in [2.05, 4.69) is 0 Å². The van der Waals surface area contributed by atoms with E-state index in [0.717, 1.165) is 5.56 Å². The van der Waals surface area contributed by atoms with Gasteiger partial charge in [0.2, 0.25) is 0 Å². The highest BCUT2D eigenvalue weighted by Crippen LogP contribution is 2.30. The fraction of sp³-hybridized carbons (Fsp3) is 0.167. The molecule has 1 aromatic carbocycles. The highest BCUT2D eigenvalue weighted by Gasteiger charge is 2.26. The fourth-order valence-corrected chi connectivity index (χ4v) is 1.63. The van der Waals surface area contributed by atoms with E-state index in [9.17, 15) is 5.11 Å². The number of allylic oxidation sites excluding steroid dienone is 1. The summed E-state index contributed by atoms with van der Waals surface area (Å²) in [5, 5.41) is 10.3. The molecule has 5 N–H and O–H groups in total. The summed E-state index contributed by atoms with van der Waals surface area (Å²) in [4.78, 5) is 0. The SMILES string of the molecule is NC1=CCC(O)(c2ccc(N)cc2)C=C1. The molecule has 0 bridgehead atoms. The van der Waals surface area contributed by atoms with Crippen molar-refractivity contribution >= 4 is 5.69 Å². The van der Waals surface area contributed by atoms with E-state index >= 15 is 0 Å². The Labute approximate surface area is 88.7 Å². The van der Waals surface area contributed by atoms with Crippen molar-refractivity contribution in [2.45, 2.75) is 12.0 Å². The van der Waals surface area contributed by atoms with Crippen LogP contribution in [0.15, 0.2) is 48.2 Å². The Morgan fingerprint density at radius 3 is 2.33 bits per heavy atom. The molecule has 1 atom stereocenters. The lowest BCUT2D eigenvalue weighted by Gasteiger charge is -2.26. The van der Waals surface area contributed by atoms with E-state index in [4.69, 9.17) is 11.5 Å². The van der Waals surface area contributed by atoms with Crippen molar-refractivity contribution < 1.29 is 5.11 Å². The third-order valence-electron chi connectivity index (χ3n) is 2.61. The van der Waals surface area contributed by atoms with Crippen molar-refractivity contribution in [1.82, 2.24) is 0 Å². The third kappa shape index (κ3) is 1.87. The first-order chi connectivity index (χ1) is 7.10. The molecular formula is C12H14N2O. The maximum atomic E-state index is 10.3. The van der Waals surface area contributed by atoms with Crippen LogP contribution in [0.1, 0.15) is 12.0 Å². The van der Waals surface area contributed by atoms with Gasteiger partial charge < -0.3 is 16.6 Å². The lowest BCUT2D eigenvalue weighted by atomic mass is 9.87. The molecule has 0 heterocycles. The molecule has 3 heteroatoms. The van der Waals surface area contributed by atoms with E-state index in [0.29, 0.717) is 17.8 Å². The van der Waals surface area contributed by atoms with Crippen LogP contribution in [0.3, 0.4) is 0 Å². The summed E-state index contributed by atoms with van der Waals surface area (Å²) in [7, 11) is 0. The van der Waals surface area contributed by atoms with Gasteiger partial charge in [0.05, 0.1) is 0 Å². The van der Waals surface area contributed by atoms with Gasteiger partial charge >= 0.3 is 0 Å². The van der Waals surface area contributed by atoms with E-state index in [1.54, 1.807) is 24.3 Å². The minimum atomic E-state index is -0.948. The van der Waals surface area contributed by atoms with Crippen molar-refractivity contribution in [3.8, 4) is 0 Å². The maximum absolute atomic E-state index is 10.3. The predicted octanol–water partition coefficient (Wildman–Crippen LogP) is 1.26. The van der Waals surface area contributed by atoms with E-state index in [1.165, 1.54) is 0 Å². The molecule has 0 amide bonds. The van der Waals surface area contributed by atoms with Gasteiger partial charge in [-0.3, -0.25) is 0 Å². The largest absolute Gasteiger partial charge is 0.399 e. The quantitative estimate of drug-likeness (QED) is 0.600. The standard InChI is InChI=1S/C12H14N2O/c13-10-3-1-9(2-4-10)12(15)7-5-11(14)6-8-12/h1-7,15H,8,13-14H2. The Hall–Kier alpha value is -1.74. The zero-order chi connectivity index (χ0) is 10.9. The van der Waals surface area contributed by atoms with Crippen LogP contribution in [0, 0.1) is 0 Å². The molecule has 0 spiro atoms. The van der Waals surface area contributed by atoms with Gasteiger partial charge in [-0.15, -0.1) is 0 Å². The number of aliphatic hydroxyl groups is 1. The zero-order valence-corrected chi connectivity index (χ0v) is 8.35. The van der Waals surface area contributed by atoms with E-state index in [1.807, 2.05) is 18.2 Å². The second-order valence-corrected chi connectivity index (χ2v) is 3.79. The second kappa shape index (κ2) is 3.44. The van der Waals surface area contributed by atoms with Crippen LogP contribution in [0.25, 0.3) is 0 Å². The Morgan fingerprint density at radius 2 is 1.80 bits per heavy atom. The average Bonchev–Trinajstić information content (AvgIpc) is 2.24. The van der Waals surface area contributed by atoms with Gasteiger partial charge in [0.25, 0.3) is 0 Å². The third-order valence-corrected chi connectivity index (χ3v) is 2.61. The average molecular weight is 202 g/mol. The summed E-state index contributed by atoms with van der Waals surface area (Å²) in [5.41, 5.74) is 12.5. The minimum absolute atomic E-state index is 0.499. The van der Waals surface area contributed by atoms with Crippen molar-refractivity contribution in [3.63, 3.8) is 0 Å². The Morgan fingerprint density at radius 1 is 1.13 bits per heavy atom. The Bertz CT molecular complexity index is 420. The molecule has 0 aliphatic heterocycles. The molecule has 78 valence electrons. The van der Waals surface area contributed by atoms with Gasteiger partial charge in [0, 0.05) is 17.8 Å². The first-order valence-corrected chi connectivity index (χ1v) is 4.83. The molecule has 0 fully saturated rings. The fourth-order valence-electron chi connectivity index (χ4n) is 1.63. The van der Waals surface area contributed by atoms with Crippen molar-refractivity contribution in [3.05, 3.63) is 53.8 Å². The molecule has 1 aliphatic rings. The molecule has 15 heavy (non-hydrogen) atoms. The van der Waals surface area contributed by atoms with E-state index in [-0.39, 0.29) is 0 Å². The summed E-state index contributed by atoms with van der Waals surface area (Å²) in [6.07, 6.45) is 5.75. The molecule has 1 unspecified atom stereocenters. The minimum Gasteiger partial charge on any atom is -0.399 e. The van der Waals surface area contributed by atoms with Gasteiger partial charge in [0.15, 0.2) is 0 Å². The Balaban J connectivity index is 2.32. The van der Waals surface area contributed by atoms with Crippen LogP contribution in [-0.2, 0) is 5.60 Å². The summed E-state index contributed by atoms with van der Waals surface area (Å²) in [6, 6.07) is 7.22. The van der Waals surface area contributed by atoms with Crippen LogP contribution in [0.2, 0.25) is 0 Å². The monoisotopic (exact) mass is 202 g/mol. The molecule has 3 nitrogen and oxygen atoms in total. The smallest absolute Gasteiger partial charge is 0.112 e. The number of nitrogens with two attached hydrogens (primary N) is 2. The molecular weight excluding hydrogens is 188 g/mol. The van der Waals surface area contributed by atoms with Gasteiger partial charge in [-0.1, -0.05) is 18.2 Å². The van der Waals surface area contributed by atoms with Crippen LogP contribution in [0.5, 0.6) is 0 Å². The van der Waals surface area contributed by atoms with Crippen molar-refractivity contribution in [2.75, 3.05) is 5.73 Å². The van der Waals surface area contributed by atoms with Crippen molar-refractivity contribution in [2.24, 2.45) is 5.73 Å². The molecule has 0 saturated heterocycles. The van der Waals surface area contributed by atoms with Crippen LogP contribution < -0.4 is 11.5 Å². The highest BCUT2D eigenvalue weighted by atomic mass is 16.3. The van der Waals surface area contributed by atoms with Crippen LogP contribution in [-0.4, -0.2) is 5.11 Å². The van der Waals surface area contributed by atoms with Gasteiger partial charge in [-0.25, -0.2) is 0 Å². The van der Waals surface area contributed by atoms with E-state index < -0.39 is 5.60 Å². The first-order valence-electron chi connectivity index (χ1n) is 4.83. The van der Waals surface area contributed by atoms with Crippen LogP contribution in [0.4, 0.5) is 5.69 Å². The number of hydrogen-bond donors (Lipinski definition) is 3. The molecule has 0 aromatic heterocycles. The summed E-state index contributed by atoms with van der Waals surface area (Å²) >= 11 is 0. The second-order valence-electron chi connectivity index (χ2n) is 3.79. The molecule has 1 aromatic rings. The lowest BCUT2D eigenvalue weighted by molar-refractivity contribution is 0.0911. The number of hydrogen-bond acceptors (Lipinski definition) is 3. The van der Waals surface area contributed by atoms with Gasteiger partial charge in [-0.05, 0) is 29.8 Å². The van der Waals surface area contributed by atoms with Gasteiger partial charge in [0.1, 0.15) is 5.60 Å². The zero-order valence-electron chi connectivity index (χ0n) is 8.35. The number of anilines is 1. The summed E-state index contributed by atoms with van der Waals surface area (Å²) < 4.78 is 0. The molecule has 0 saturated carbocycles. The summed E-state index contributed by atoms with van der Waals surface area (Å²) in [6.45, 7) is 0. The van der Waals surface area contributed by atoms with Crippen molar-refractivity contribution in [1.29, 1.82) is 0 Å². The predicted molar refractivity (Wildman–Crippen MR) is 60.8 cm³/mol. The first kappa shape index (κ1) is 9.80. The van der Waals surface area contributed by atoms with Gasteiger partial charge in [-0.2, -0.15) is 0 Å². The normalized spacial score (nSPS) is 25.0.